The molecule has 0 saturated heterocycles. The largest absolute Gasteiger partial charge is 0.493 e. The molecule has 2 unspecified atom stereocenters. The van der Waals surface area contributed by atoms with Gasteiger partial charge >= 0.3 is 0 Å². The Bertz CT molecular complexity index is 794. The summed E-state index contributed by atoms with van der Waals surface area (Å²) in [6, 6.07) is 7.61. The van der Waals surface area contributed by atoms with Crippen LogP contribution in [-0.2, 0) is 11.3 Å². The van der Waals surface area contributed by atoms with E-state index in [9.17, 15) is 4.79 Å². The normalized spacial score (nSPS) is 12.9. The molecule has 152 valence electrons. The Morgan fingerprint density at radius 2 is 2.04 bits per heavy atom. The number of rotatable bonds is 11. The standard InChI is InChI=1S/C20H28N4O3S/c1-6-12-24-19(15(4)27-17-11-9-8-10-16(17)26-5)22-23-20(24)28-13-18(25)21-14(3)7-2/h6,8-11,14-15H,1,7,12-13H2,2-5H3,(H,21,25). The van der Waals surface area contributed by atoms with E-state index in [-0.39, 0.29) is 23.8 Å². The molecule has 1 amide bonds. The van der Waals surface area contributed by atoms with Gasteiger partial charge in [0.05, 0.1) is 12.9 Å². The molecule has 1 N–H and O–H groups in total. The maximum Gasteiger partial charge on any atom is 0.230 e. The van der Waals surface area contributed by atoms with Crippen molar-refractivity contribution in [3.63, 3.8) is 0 Å². The summed E-state index contributed by atoms with van der Waals surface area (Å²) in [7, 11) is 1.60. The summed E-state index contributed by atoms with van der Waals surface area (Å²) in [5.41, 5.74) is 0. The first-order valence-corrected chi connectivity index (χ1v) is 10.2. The van der Waals surface area contributed by atoms with Crippen LogP contribution in [-0.4, -0.2) is 39.6 Å². The van der Waals surface area contributed by atoms with Gasteiger partial charge in [0.1, 0.15) is 0 Å². The highest BCUT2D eigenvalue weighted by molar-refractivity contribution is 7.99. The van der Waals surface area contributed by atoms with Gasteiger partial charge < -0.3 is 14.8 Å². The van der Waals surface area contributed by atoms with Crippen LogP contribution in [0.5, 0.6) is 11.5 Å². The number of benzene rings is 1. The van der Waals surface area contributed by atoms with E-state index in [0.717, 1.165) is 6.42 Å². The topological polar surface area (TPSA) is 78.3 Å². The van der Waals surface area contributed by atoms with Crippen LogP contribution in [0.1, 0.15) is 39.1 Å². The Morgan fingerprint density at radius 3 is 2.68 bits per heavy atom. The molecule has 0 bridgehead atoms. The number of amides is 1. The van der Waals surface area contributed by atoms with Gasteiger partial charge in [0.25, 0.3) is 0 Å². The summed E-state index contributed by atoms with van der Waals surface area (Å²) >= 11 is 1.35. The van der Waals surface area contributed by atoms with Gasteiger partial charge in [0.2, 0.25) is 5.91 Å². The van der Waals surface area contributed by atoms with Crippen LogP contribution >= 0.6 is 11.8 Å². The number of carbonyl (C=O) groups is 1. The molecule has 0 aliphatic carbocycles. The zero-order valence-corrected chi connectivity index (χ0v) is 17.7. The van der Waals surface area contributed by atoms with Crippen molar-refractivity contribution in [2.45, 2.75) is 51.0 Å². The third-order valence-corrected chi connectivity index (χ3v) is 5.11. The van der Waals surface area contributed by atoms with Crippen LogP contribution in [0.3, 0.4) is 0 Å². The first-order valence-electron chi connectivity index (χ1n) is 9.25. The lowest BCUT2D eigenvalue weighted by Gasteiger charge is -2.17. The molecule has 7 nitrogen and oxygen atoms in total. The Kier molecular flexibility index (Phi) is 8.38. The quantitative estimate of drug-likeness (QED) is 0.455. The lowest BCUT2D eigenvalue weighted by molar-refractivity contribution is -0.119. The summed E-state index contributed by atoms with van der Waals surface area (Å²) in [4.78, 5) is 12.1. The van der Waals surface area contributed by atoms with Gasteiger partial charge in [-0.05, 0) is 32.4 Å². The van der Waals surface area contributed by atoms with E-state index in [4.69, 9.17) is 9.47 Å². The molecule has 2 aromatic rings. The molecule has 1 aromatic heterocycles. The van der Waals surface area contributed by atoms with Crippen LogP contribution in [0.2, 0.25) is 0 Å². The van der Waals surface area contributed by atoms with Crippen LogP contribution < -0.4 is 14.8 Å². The molecule has 0 saturated carbocycles. The summed E-state index contributed by atoms with van der Waals surface area (Å²) in [6.07, 6.45) is 2.31. The zero-order chi connectivity index (χ0) is 20.5. The predicted octanol–water partition coefficient (Wildman–Crippen LogP) is 3.62. The number of carbonyl (C=O) groups excluding carboxylic acids is 1. The lowest BCUT2D eigenvalue weighted by atomic mass is 10.3. The molecule has 0 spiro atoms. The first-order chi connectivity index (χ1) is 13.5. The van der Waals surface area contributed by atoms with Gasteiger partial charge in [-0.1, -0.05) is 36.9 Å². The Hall–Kier alpha value is -2.48. The van der Waals surface area contributed by atoms with Crippen molar-refractivity contribution in [2.24, 2.45) is 0 Å². The third-order valence-electron chi connectivity index (χ3n) is 4.15. The summed E-state index contributed by atoms with van der Waals surface area (Å²) in [5, 5.41) is 12.1. The number of nitrogens with zero attached hydrogens (tertiary/aromatic N) is 3. The van der Waals surface area contributed by atoms with Crippen LogP contribution in [0.25, 0.3) is 0 Å². The van der Waals surface area contributed by atoms with Gasteiger partial charge in [0.15, 0.2) is 28.6 Å². The summed E-state index contributed by atoms with van der Waals surface area (Å²) in [6.45, 7) is 10.3. The lowest BCUT2D eigenvalue weighted by Crippen LogP contribution is -2.33. The minimum Gasteiger partial charge on any atom is -0.493 e. The van der Waals surface area contributed by atoms with Gasteiger partial charge in [-0.25, -0.2) is 0 Å². The van der Waals surface area contributed by atoms with E-state index in [1.54, 1.807) is 13.2 Å². The summed E-state index contributed by atoms with van der Waals surface area (Å²) in [5.74, 6) is 2.21. The van der Waals surface area contributed by atoms with Crippen molar-refractivity contribution in [2.75, 3.05) is 12.9 Å². The maximum absolute atomic E-state index is 12.1. The molecule has 2 rings (SSSR count). The Morgan fingerprint density at radius 1 is 1.32 bits per heavy atom. The van der Waals surface area contributed by atoms with E-state index >= 15 is 0 Å². The Labute approximate surface area is 170 Å². The highest BCUT2D eigenvalue weighted by Crippen LogP contribution is 2.31. The molecule has 0 radical (unpaired) electrons. The highest BCUT2D eigenvalue weighted by atomic mass is 32.2. The Balaban J connectivity index is 2.12. The zero-order valence-electron chi connectivity index (χ0n) is 16.8. The molecule has 0 aliphatic heterocycles. The number of para-hydroxylation sites is 2. The van der Waals surface area contributed by atoms with Crippen LogP contribution in [0, 0.1) is 0 Å². The summed E-state index contributed by atoms with van der Waals surface area (Å²) < 4.78 is 13.3. The molecular weight excluding hydrogens is 376 g/mol. The number of allylic oxidation sites excluding steroid dienone is 1. The number of aromatic nitrogens is 3. The van der Waals surface area contributed by atoms with Crippen molar-refractivity contribution in [3.8, 4) is 11.5 Å². The number of hydrogen-bond donors (Lipinski definition) is 1. The van der Waals surface area contributed by atoms with Crippen molar-refractivity contribution < 1.29 is 14.3 Å². The van der Waals surface area contributed by atoms with Crippen LogP contribution in [0.15, 0.2) is 42.1 Å². The molecule has 0 aliphatic rings. The fourth-order valence-electron chi connectivity index (χ4n) is 2.52. The fourth-order valence-corrected chi connectivity index (χ4v) is 3.28. The van der Waals surface area contributed by atoms with Crippen molar-refractivity contribution in [3.05, 3.63) is 42.7 Å². The van der Waals surface area contributed by atoms with Gasteiger partial charge in [-0.2, -0.15) is 0 Å². The molecule has 28 heavy (non-hydrogen) atoms. The fraction of sp³-hybridized carbons (Fsp3) is 0.450. The van der Waals surface area contributed by atoms with E-state index in [1.807, 2.05) is 49.6 Å². The minimum atomic E-state index is -0.355. The number of thioether (sulfide) groups is 1. The molecule has 8 heteroatoms. The third kappa shape index (κ3) is 5.76. The average molecular weight is 405 g/mol. The first kappa shape index (κ1) is 21.8. The van der Waals surface area contributed by atoms with E-state index < -0.39 is 0 Å². The molecular formula is C20H28N4O3S. The second-order valence-corrected chi connectivity index (χ2v) is 7.26. The molecule has 1 heterocycles. The minimum absolute atomic E-state index is 0.0210. The van der Waals surface area contributed by atoms with Gasteiger partial charge in [0, 0.05) is 12.6 Å². The van der Waals surface area contributed by atoms with Crippen molar-refractivity contribution in [1.29, 1.82) is 0 Å². The second-order valence-electron chi connectivity index (χ2n) is 6.32. The van der Waals surface area contributed by atoms with Crippen molar-refractivity contribution >= 4 is 17.7 Å². The number of nitrogens with one attached hydrogen (secondary N) is 1. The number of methoxy groups -OCH3 is 1. The van der Waals surface area contributed by atoms with Crippen LogP contribution in [0.4, 0.5) is 0 Å². The van der Waals surface area contributed by atoms with E-state index in [2.05, 4.69) is 22.1 Å². The van der Waals surface area contributed by atoms with Gasteiger partial charge in [-0.15, -0.1) is 16.8 Å². The number of hydrogen-bond acceptors (Lipinski definition) is 6. The molecule has 2 atom stereocenters. The van der Waals surface area contributed by atoms with Gasteiger partial charge in [-0.3, -0.25) is 9.36 Å². The number of ether oxygens (including phenoxy) is 2. The SMILES string of the molecule is C=CCn1c(SCC(=O)NC(C)CC)nnc1C(C)Oc1ccccc1OC. The van der Waals surface area contributed by atoms with Crippen molar-refractivity contribution in [1.82, 2.24) is 20.1 Å². The monoisotopic (exact) mass is 404 g/mol. The average Bonchev–Trinajstić information content (AvgIpc) is 3.09. The molecule has 0 fully saturated rings. The van der Waals surface area contributed by atoms with E-state index in [0.29, 0.717) is 29.0 Å². The smallest absolute Gasteiger partial charge is 0.230 e. The molecule has 1 aromatic carbocycles. The maximum atomic E-state index is 12.1. The van der Waals surface area contributed by atoms with E-state index in [1.165, 1.54) is 11.8 Å². The highest BCUT2D eigenvalue weighted by Gasteiger charge is 2.21. The second kappa shape index (κ2) is 10.8. The predicted molar refractivity (Wildman–Crippen MR) is 111 cm³/mol.